The third kappa shape index (κ3) is 6.45. The average molecular weight is 389 g/mol. The van der Waals surface area contributed by atoms with Gasteiger partial charge in [0.1, 0.15) is 18.5 Å². The number of amides is 2. The van der Waals surface area contributed by atoms with Crippen molar-refractivity contribution in [2.24, 2.45) is 0 Å². The monoisotopic (exact) mass is 388 g/mol. The largest absolute Gasteiger partial charge is 0.491 e. The zero-order chi connectivity index (χ0) is 19.2. The van der Waals surface area contributed by atoms with Crippen LogP contribution in [0.1, 0.15) is 5.56 Å². The van der Waals surface area contributed by atoms with Crippen molar-refractivity contribution in [2.45, 2.75) is 12.3 Å². The predicted molar refractivity (Wildman–Crippen MR) is 91.4 cm³/mol. The number of hydrogen-bond donors (Lipinski definition) is 3. The minimum absolute atomic E-state index is 0.0236. The van der Waals surface area contributed by atoms with Gasteiger partial charge in [-0.1, -0.05) is 17.7 Å². The van der Waals surface area contributed by atoms with Crippen LogP contribution in [0, 0.1) is 0 Å². The molecule has 9 heteroatoms. The second kappa shape index (κ2) is 8.77. The molecule has 0 spiro atoms. The van der Waals surface area contributed by atoms with Crippen LogP contribution in [0.15, 0.2) is 48.5 Å². The van der Waals surface area contributed by atoms with E-state index in [2.05, 4.69) is 10.6 Å². The molecule has 0 saturated carbocycles. The second-order valence-corrected chi connectivity index (χ2v) is 5.77. The summed E-state index contributed by atoms with van der Waals surface area (Å²) in [4.78, 5) is 11.7. The Morgan fingerprint density at radius 2 is 1.88 bits per heavy atom. The lowest BCUT2D eigenvalue weighted by Crippen LogP contribution is -2.37. The lowest BCUT2D eigenvalue weighted by molar-refractivity contribution is -0.137. The Hall–Kier alpha value is -2.45. The quantitative estimate of drug-likeness (QED) is 0.702. The van der Waals surface area contributed by atoms with Gasteiger partial charge in [0, 0.05) is 17.3 Å². The lowest BCUT2D eigenvalue weighted by Gasteiger charge is -2.15. The minimum atomic E-state index is -4.47. The first-order valence-corrected chi connectivity index (χ1v) is 7.90. The first kappa shape index (κ1) is 19.9. The summed E-state index contributed by atoms with van der Waals surface area (Å²) in [7, 11) is 0. The summed E-state index contributed by atoms with van der Waals surface area (Å²) < 4.78 is 43.0. The van der Waals surface area contributed by atoms with Crippen LogP contribution in [0.5, 0.6) is 5.75 Å². The fourth-order valence-electron chi connectivity index (χ4n) is 1.93. The number of hydrogen-bond acceptors (Lipinski definition) is 3. The Labute approximate surface area is 152 Å². The molecule has 0 bridgehead atoms. The summed E-state index contributed by atoms with van der Waals surface area (Å²) in [6.07, 6.45) is -5.57. The van der Waals surface area contributed by atoms with Crippen LogP contribution in [0.2, 0.25) is 5.02 Å². The molecule has 0 aliphatic heterocycles. The molecular weight excluding hydrogens is 373 g/mol. The molecule has 5 nitrogen and oxygen atoms in total. The van der Waals surface area contributed by atoms with Gasteiger partial charge in [-0.05, 0) is 42.5 Å². The van der Waals surface area contributed by atoms with E-state index in [0.717, 1.165) is 12.1 Å². The number of alkyl halides is 3. The molecule has 2 amide bonds. The highest BCUT2D eigenvalue weighted by molar-refractivity contribution is 6.30. The number of benzene rings is 2. The van der Waals surface area contributed by atoms with Gasteiger partial charge in [0.2, 0.25) is 0 Å². The van der Waals surface area contributed by atoms with Gasteiger partial charge in [-0.2, -0.15) is 13.2 Å². The van der Waals surface area contributed by atoms with Gasteiger partial charge in [0.15, 0.2) is 0 Å². The Kier molecular flexibility index (Phi) is 6.70. The zero-order valence-corrected chi connectivity index (χ0v) is 14.1. The van der Waals surface area contributed by atoms with Gasteiger partial charge in [0.25, 0.3) is 0 Å². The highest BCUT2D eigenvalue weighted by Gasteiger charge is 2.30. The molecule has 1 atom stereocenters. The lowest BCUT2D eigenvalue weighted by atomic mass is 10.2. The first-order valence-electron chi connectivity index (χ1n) is 7.52. The molecule has 0 fully saturated rings. The van der Waals surface area contributed by atoms with E-state index in [1.54, 1.807) is 24.3 Å². The number of urea groups is 1. The van der Waals surface area contributed by atoms with Crippen molar-refractivity contribution in [1.29, 1.82) is 0 Å². The summed E-state index contributed by atoms with van der Waals surface area (Å²) in [5.74, 6) is -0.0236. The fourth-order valence-corrected chi connectivity index (χ4v) is 2.06. The molecule has 0 heterocycles. The van der Waals surface area contributed by atoms with E-state index >= 15 is 0 Å². The van der Waals surface area contributed by atoms with Crippen LogP contribution in [-0.4, -0.2) is 30.4 Å². The first-order chi connectivity index (χ1) is 12.2. The zero-order valence-electron chi connectivity index (χ0n) is 13.4. The second-order valence-electron chi connectivity index (χ2n) is 5.33. The van der Waals surface area contributed by atoms with Crippen molar-refractivity contribution in [3.8, 4) is 5.75 Å². The minimum Gasteiger partial charge on any atom is -0.491 e. The van der Waals surface area contributed by atoms with Gasteiger partial charge >= 0.3 is 12.2 Å². The standard InChI is InChI=1S/C17H16ClF3N2O3/c18-12-4-6-13(7-5-12)23-16(25)22-9-14(24)10-26-15-3-1-2-11(8-15)17(19,20)21/h1-8,14,24H,9-10H2,(H2,22,23,25)/t14-/m0/s1. The topological polar surface area (TPSA) is 70.6 Å². The fraction of sp³-hybridized carbons (Fsp3) is 0.235. The predicted octanol–water partition coefficient (Wildman–Crippen LogP) is 3.92. The van der Waals surface area contributed by atoms with Crippen LogP contribution >= 0.6 is 11.6 Å². The van der Waals surface area contributed by atoms with Crippen molar-refractivity contribution in [3.63, 3.8) is 0 Å². The van der Waals surface area contributed by atoms with Gasteiger partial charge in [0.05, 0.1) is 5.56 Å². The van der Waals surface area contributed by atoms with E-state index in [1.807, 2.05) is 0 Å². The van der Waals surface area contributed by atoms with Crippen molar-refractivity contribution in [3.05, 3.63) is 59.1 Å². The van der Waals surface area contributed by atoms with Crippen LogP contribution in [0.25, 0.3) is 0 Å². The highest BCUT2D eigenvalue weighted by Crippen LogP contribution is 2.31. The van der Waals surface area contributed by atoms with Crippen molar-refractivity contribution >= 4 is 23.3 Å². The molecule has 0 aliphatic rings. The van der Waals surface area contributed by atoms with Crippen molar-refractivity contribution in [1.82, 2.24) is 5.32 Å². The third-order valence-corrected chi connectivity index (χ3v) is 3.46. The number of carbonyl (C=O) groups is 1. The molecule has 3 N–H and O–H groups in total. The Morgan fingerprint density at radius 1 is 1.19 bits per heavy atom. The van der Waals surface area contributed by atoms with Gasteiger partial charge in [-0.25, -0.2) is 4.79 Å². The summed E-state index contributed by atoms with van der Waals surface area (Å²) >= 11 is 5.73. The normalized spacial score (nSPS) is 12.3. The van der Waals surface area contributed by atoms with E-state index in [4.69, 9.17) is 16.3 Å². The maximum atomic E-state index is 12.6. The molecule has 0 saturated heterocycles. The molecule has 0 aliphatic carbocycles. The summed E-state index contributed by atoms with van der Waals surface area (Å²) in [6.45, 7) is -0.416. The molecule has 26 heavy (non-hydrogen) atoms. The van der Waals surface area contributed by atoms with E-state index in [1.165, 1.54) is 12.1 Å². The summed E-state index contributed by atoms with van der Waals surface area (Å²) in [5.41, 5.74) is -0.327. The highest BCUT2D eigenvalue weighted by atomic mass is 35.5. The van der Waals surface area contributed by atoms with Crippen LogP contribution in [-0.2, 0) is 6.18 Å². The SMILES string of the molecule is O=C(NC[C@H](O)COc1cccc(C(F)(F)F)c1)Nc1ccc(Cl)cc1. The average Bonchev–Trinajstić information content (AvgIpc) is 2.60. The molecule has 2 rings (SSSR count). The van der Waals surface area contributed by atoms with Gasteiger partial charge < -0.3 is 20.5 Å². The number of aliphatic hydroxyl groups is 1. The Balaban J connectivity index is 1.76. The third-order valence-electron chi connectivity index (χ3n) is 3.20. The van der Waals surface area contributed by atoms with Crippen LogP contribution < -0.4 is 15.4 Å². The molecular formula is C17H16ClF3N2O3. The van der Waals surface area contributed by atoms with E-state index < -0.39 is 23.9 Å². The Bertz CT molecular complexity index is 739. The molecule has 0 aromatic heterocycles. The van der Waals surface area contributed by atoms with Crippen LogP contribution in [0.3, 0.4) is 0 Å². The van der Waals surface area contributed by atoms with E-state index in [9.17, 15) is 23.1 Å². The number of anilines is 1. The van der Waals surface area contributed by atoms with E-state index in [0.29, 0.717) is 10.7 Å². The molecule has 0 radical (unpaired) electrons. The van der Waals surface area contributed by atoms with Gasteiger partial charge in [-0.3, -0.25) is 0 Å². The van der Waals surface area contributed by atoms with Crippen molar-refractivity contribution in [2.75, 3.05) is 18.5 Å². The number of carbonyl (C=O) groups excluding carboxylic acids is 1. The van der Waals surface area contributed by atoms with Gasteiger partial charge in [-0.15, -0.1) is 0 Å². The van der Waals surface area contributed by atoms with Crippen LogP contribution in [0.4, 0.5) is 23.7 Å². The number of ether oxygens (including phenoxy) is 1. The summed E-state index contributed by atoms with van der Waals surface area (Å²) in [6, 6.07) is 10.2. The van der Waals surface area contributed by atoms with Crippen molar-refractivity contribution < 1.29 is 27.8 Å². The number of rotatable bonds is 6. The maximum absolute atomic E-state index is 12.6. The number of aliphatic hydroxyl groups excluding tert-OH is 1. The molecule has 2 aromatic rings. The summed E-state index contributed by atoms with van der Waals surface area (Å²) in [5, 5.41) is 15.3. The number of nitrogens with one attached hydrogen (secondary N) is 2. The molecule has 2 aromatic carbocycles. The molecule has 140 valence electrons. The maximum Gasteiger partial charge on any atom is 0.416 e. The van der Waals surface area contributed by atoms with E-state index in [-0.39, 0.29) is 18.9 Å². The molecule has 0 unspecified atom stereocenters. The number of halogens is 4. The Morgan fingerprint density at radius 3 is 2.54 bits per heavy atom. The smallest absolute Gasteiger partial charge is 0.416 e.